The normalized spacial score (nSPS) is 10.9. The average Bonchev–Trinajstić information content (AvgIpc) is 2.76. The van der Waals surface area contributed by atoms with Gasteiger partial charge in [0.05, 0.1) is 30.0 Å². The van der Waals surface area contributed by atoms with Gasteiger partial charge >= 0.3 is 0 Å². The highest BCUT2D eigenvalue weighted by Crippen LogP contribution is 2.30. The van der Waals surface area contributed by atoms with Crippen molar-refractivity contribution >= 4 is 80.4 Å². The molecular formula is C23H18Cl2I2N4O2. The summed E-state index contributed by atoms with van der Waals surface area (Å²) in [6.07, 6.45) is 1.67. The Morgan fingerprint density at radius 1 is 1.12 bits per heavy atom. The molecule has 2 aromatic carbocycles. The Morgan fingerprint density at radius 2 is 1.85 bits per heavy atom. The summed E-state index contributed by atoms with van der Waals surface area (Å²) in [6, 6.07) is 13.4. The number of hydrogen-bond donors (Lipinski definition) is 1. The summed E-state index contributed by atoms with van der Waals surface area (Å²) in [5, 5.41) is 14.8. The van der Waals surface area contributed by atoms with Gasteiger partial charge in [-0.1, -0.05) is 29.3 Å². The van der Waals surface area contributed by atoms with Crippen LogP contribution < -0.4 is 10.2 Å². The van der Waals surface area contributed by atoms with Gasteiger partial charge in [0, 0.05) is 18.4 Å². The van der Waals surface area contributed by atoms with Gasteiger partial charge in [0.2, 0.25) is 0 Å². The lowest BCUT2D eigenvalue weighted by molar-refractivity contribution is 0.184. The third-order valence-corrected chi connectivity index (χ3v) is 6.75. The summed E-state index contributed by atoms with van der Waals surface area (Å²) < 4.78 is 13.1. The fourth-order valence-electron chi connectivity index (χ4n) is 2.96. The summed E-state index contributed by atoms with van der Waals surface area (Å²) in [6.45, 7) is 2.55. The predicted octanol–water partition coefficient (Wildman–Crippen LogP) is 6.95. The molecule has 170 valence electrons. The van der Waals surface area contributed by atoms with Crippen molar-refractivity contribution in [2.45, 2.75) is 20.1 Å². The Kier molecular flexibility index (Phi) is 9.57. The molecule has 0 bridgehead atoms. The third kappa shape index (κ3) is 6.93. The van der Waals surface area contributed by atoms with Crippen LogP contribution in [0.15, 0.2) is 41.5 Å². The number of anilines is 1. The van der Waals surface area contributed by atoms with Gasteiger partial charge in [0.1, 0.15) is 24.0 Å². The van der Waals surface area contributed by atoms with Gasteiger partial charge in [0.25, 0.3) is 0 Å². The maximum atomic E-state index is 9.53. The number of ether oxygens (including phenoxy) is 2. The monoisotopic (exact) mass is 706 g/mol. The third-order valence-electron chi connectivity index (χ3n) is 4.41. The minimum Gasteiger partial charge on any atom is -0.487 e. The molecule has 0 radical (unpaired) electrons. The van der Waals surface area contributed by atoms with Crippen molar-refractivity contribution in [3.63, 3.8) is 0 Å². The number of aryl methyl sites for hydroxylation is 1. The second kappa shape index (κ2) is 12.2. The van der Waals surface area contributed by atoms with Crippen LogP contribution in [0.1, 0.15) is 27.9 Å². The molecule has 10 heteroatoms. The average molecular weight is 707 g/mol. The summed E-state index contributed by atoms with van der Waals surface area (Å²) in [5.41, 5.74) is 6.63. The predicted molar refractivity (Wildman–Crippen MR) is 148 cm³/mol. The SMILES string of the molecule is COCc1cc(C)nc(N/N=C\c2cc(I)c(OCc3ccc(Cl)c(Cl)c3)c(I)c2)c1C#N. The van der Waals surface area contributed by atoms with E-state index < -0.39 is 0 Å². The lowest BCUT2D eigenvalue weighted by atomic mass is 10.1. The summed E-state index contributed by atoms with van der Waals surface area (Å²) in [7, 11) is 1.59. The molecule has 0 atom stereocenters. The summed E-state index contributed by atoms with van der Waals surface area (Å²) >= 11 is 16.5. The highest BCUT2D eigenvalue weighted by molar-refractivity contribution is 14.1. The van der Waals surface area contributed by atoms with Gasteiger partial charge in [0.15, 0.2) is 5.82 Å². The number of methoxy groups -OCH3 is 1. The fourth-order valence-corrected chi connectivity index (χ4v) is 5.41. The first kappa shape index (κ1) is 26.0. The number of hydrazone groups is 1. The molecule has 0 spiro atoms. The summed E-state index contributed by atoms with van der Waals surface area (Å²) in [5.74, 6) is 1.18. The number of nitrogens with one attached hydrogen (secondary N) is 1. The Balaban J connectivity index is 1.74. The molecule has 0 aliphatic rings. The van der Waals surface area contributed by atoms with Gasteiger partial charge < -0.3 is 9.47 Å². The van der Waals surface area contributed by atoms with E-state index in [2.05, 4.69) is 66.8 Å². The number of hydrogen-bond acceptors (Lipinski definition) is 6. The number of nitriles is 1. The molecule has 6 nitrogen and oxygen atoms in total. The van der Waals surface area contributed by atoms with Crippen LogP contribution in [0.3, 0.4) is 0 Å². The highest BCUT2D eigenvalue weighted by Gasteiger charge is 2.12. The lowest BCUT2D eigenvalue weighted by Crippen LogP contribution is -2.04. The van der Waals surface area contributed by atoms with E-state index in [9.17, 15) is 5.26 Å². The van der Waals surface area contributed by atoms with Gasteiger partial charge in [-0.05, 0) is 93.6 Å². The molecule has 0 saturated heterocycles. The molecule has 1 N–H and O–H groups in total. The topological polar surface area (TPSA) is 79.5 Å². The first-order chi connectivity index (χ1) is 15.8. The van der Waals surface area contributed by atoms with Gasteiger partial charge in [-0.15, -0.1) is 0 Å². The van der Waals surface area contributed by atoms with E-state index in [1.807, 2.05) is 31.2 Å². The lowest BCUT2D eigenvalue weighted by Gasteiger charge is -2.12. The molecule has 0 fully saturated rings. The highest BCUT2D eigenvalue weighted by atomic mass is 127. The van der Waals surface area contributed by atoms with E-state index in [1.165, 1.54) is 0 Å². The van der Waals surface area contributed by atoms with Crippen molar-refractivity contribution in [2.24, 2.45) is 5.10 Å². The standard InChI is InChI=1S/C23H18Cl2I2N4O2/c1-13-5-16(12-32-2)17(9-28)23(30-13)31-29-10-15-7-20(26)22(21(27)8-15)33-11-14-3-4-18(24)19(25)6-14/h3-8,10H,11-12H2,1-2H3,(H,30,31)/b29-10-. The van der Waals surface area contributed by atoms with E-state index in [1.54, 1.807) is 25.5 Å². The number of benzene rings is 2. The molecule has 1 heterocycles. The van der Waals surface area contributed by atoms with Crippen LogP contribution in [0.4, 0.5) is 5.82 Å². The van der Waals surface area contributed by atoms with Crippen molar-refractivity contribution in [3.05, 3.63) is 81.5 Å². The molecule has 33 heavy (non-hydrogen) atoms. The van der Waals surface area contributed by atoms with E-state index in [0.717, 1.165) is 35.3 Å². The first-order valence-corrected chi connectivity index (χ1v) is 12.5. The maximum absolute atomic E-state index is 9.53. The Morgan fingerprint density at radius 3 is 2.48 bits per heavy atom. The molecule has 1 aromatic heterocycles. The van der Waals surface area contributed by atoms with Crippen molar-refractivity contribution in [3.8, 4) is 11.8 Å². The Labute approximate surface area is 229 Å². The molecular weight excluding hydrogens is 689 g/mol. The molecule has 0 aliphatic heterocycles. The number of aromatic nitrogens is 1. The van der Waals surface area contributed by atoms with Crippen LogP contribution in [0.25, 0.3) is 0 Å². The zero-order valence-electron chi connectivity index (χ0n) is 17.6. The number of halogens is 4. The van der Waals surface area contributed by atoms with E-state index in [-0.39, 0.29) is 0 Å². The van der Waals surface area contributed by atoms with Crippen LogP contribution in [0, 0.1) is 25.4 Å². The molecule has 0 unspecified atom stereocenters. The second-order valence-corrected chi connectivity index (χ2v) is 10.1. The molecule has 3 aromatic rings. The molecule has 0 aliphatic carbocycles. The van der Waals surface area contributed by atoms with Gasteiger partial charge in [-0.25, -0.2) is 4.98 Å². The van der Waals surface area contributed by atoms with Crippen LogP contribution in [-0.2, 0) is 18.0 Å². The number of rotatable bonds is 8. The number of nitrogens with zero attached hydrogens (tertiary/aromatic N) is 3. The van der Waals surface area contributed by atoms with Crippen LogP contribution >= 0.6 is 68.4 Å². The minimum absolute atomic E-state index is 0.324. The Bertz CT molecular complexity index is 1220. The van der Waals surface area contributed by atoms with Crippen LogP contribution in [-0.4, -0.2) is 18.3 Å². The van der Waals surface area contributed by atoms with Gasteiger partial charge in [-0.2, -0.15) is 10.4 Å². The largest absolute Gasteiger partial charge is 0.487 e. The number of pyridine rings is 1. The van der Waals surface area contributed by atoms with Crippen LogP contribution in [0.5, 0.6) is 5.75 Å². The fraction of sp³-hybridized carbons (Fsp3) is 0.174. The molecule has 0 amide bonds. The van der Waals surface area contributed by atoms with E-state index in [4.69, 9.17) is 32.7 Å². The second-order valence-electron chi connectivity index (χ2n) is 6.91. The van der Waals surface area contributed by atoms with E-state index >= 15 is 0 Å². The maximum Gasteiger partial charge on any atom is 0.164 e. The molecule has 3 rings (SSSR count). The van der Waals surface area contributed by atoms with Crippen molar-refractivity contribution < 1.29 is 9.47 Å². The zero-order valence-corrected chi connectivity index (χ0v) is 23.5. The first-order valence-electron chi connectivity index (χ1n) is 9.56. The smallest absolute Gasteiger partial charge is 0.164 e. The quantitative estimate of drug-likeness (QED) is 0.156. The Hall–Kier alpha value is -1.65. The van der Waals surface area contributed by atoms with Gasteiger partial charge in [-0.3, -0.25) is 5.43 Å². The van der Waals surface area contributed by atoms with Crippen LogP contribution in [0.2, 0.25) is 10.0 Å². The summed E-state index contributed by atoms with van der Waals surface area (Å²) in [4.78, 5) is 4.39. The minimum atomic E-state index is 0.324. The molecule has 0 saturated carbocycles. The zero-order chi connectivity index (χ0) is 24.0. The van der Waals surface area contributed by atoms with Crippen molar-refractivity contribution in [1.82, 2.24) is 4.98 Å². The van der Waals surface area contributed by atoms with E-state index in [0.29, 0.717) is 34.6 Å². The van der Waals surface area contributed by atoms with Crippen molar-refractivity contribution in [2.75, 3.05) is 12.5 Å². The van der Waals surface area contributed by atoms with Crippen molar-refractivity contribution in [1.29, 1.82) is 5.26 Å².